The summed E-state index contributed by atoms with van der Waals surface area (Å²) in [4.78, 5) is 25.4. The van der Waals surface area contributed by atoms with E-state index in [0.717, 1.165) is 44.6 Å². The number of amides is 2. The van der Waals surface area contributed by atoms with Gasteiger partial charge in [-0.3, -0.25) is 9.80 Å². The fraction of sp³-hybridized carbons (Fsp3) is 0.500. The normalized spacial score (nSPS) is 22.8. The third kappa shape index (κ3) is 4.02. The number of phenols is 1. The molecular weight excluding hydrogens is 451 g/mol. The van der Waals surface area contributed by atoms with Crippen molar-refractivity contribution >= 4 is 35.1 Å². The van der Waals surface area contributed by atoms with Crippen LogP contribution in [0.1, 0.15) is 44.1 Å². The summed E-state index contributed by atoms with van der Waals surface area (Å²) < 4.78 is 20.1. The lowest BCUT2D eigenvalue weighted by atomic mass is 9.92. The van der Waals surface area contributed by atoms with Gasteiger partial charge in [-0.25, -0.2) is 14.2 Å². The molecule has 2 aromatic rings. The molecule has 2 heterocycles. The van der Waals surface area contributed by atoms with Gasteiger partial charge in [-0.05, 0) is 38.5 Å². The number of carbonyl (C=O) groups excluding carboxylic acids is 1. The van der Waals surface area contributed by atoms with Crippen LogP contribution in [0.3, 0.4) is 0 Å². The minimum atomic E-state index is -0.983. The number of rotatable bonds is 5. The zero-order valence-corrected chi connectivity index (χ0v) is 19.0. The first-order valence-electron chi connectivity index (χ1n) is 11.1. The van der Waals surface area contributed by atoms with Gasteiger partial charge in [0, 0.05) is 36.0 Å². The highest BCUT2D eigenvalue weighted by Gasteiger charge is 2.43. The highest BCUT2D eigenvalue weighted by molar-refractivity contribution is 6.35. The van der Waals surface area contributed by atoms with Crippen LogP contribution in [0, 0.1) is 5.82 Å². The van der Waals surface area contributed by atoms with Crippen molar-refractivity contribution in [3.05, 3.63) is 28.7 Å². The lowest BCUT2D eigenvalue weighted by molar-refractivity contribution is 0.249. The number of aromatic hydroxyl groups is 1. The molecule has 2 aliphatic carbocycles. The van der Waals surface area contributed by atoms with Crippen LogP contribution in [0.5, 0.6) is 11.5 Å². The number of anilines is 3. The van der Waals surface area contributed by atoms with E-state index in [4.69, 9.17) is 22.1 Å². The van der Waals surface area contributed by atoms with E-state index in [1.54, 1.807) is 11.1 Å². The summed E-state index contributed by atoms with van der Waals surface area (Å²) >= 11 is 6.36. The molecule has 2 saturated carbocycles. The van der Waals surface area contributed by atoms with E-state index in [1.165, 1.54) is 12.0 Å². The Labute approximate surface area is 195 Å². The molecule has 1 aromatic heterocycles. The maximum Gasteiger partial charge on any atom is 0.330 e. The molecule has 0 spiro atoms. The van der Waals surface area contributed by atoms with Crippen molar-refractivity contribution in [3.8, 4) is 11.5 Å². The van der Waals surface area contributed by atoms with Crippen LogP contribution in [0.4, 0.5) is 26.6 Å². The molecule has 0 unspecified atom stereocenters. The topological polar surface area (TPSA) is 117 Å². The van der Waals surface area contributed by atoms with Gasteiger partial charge in [0.15, 0.2) is 11.6 Å². The average molecular weight is 477 g/mol. The van der Waals surface area contributed by atoms with Crippen LogP contribution in [0.25, 0.3) is 0 Å². The molecule has 176 valence electrons. The zero-order chi connectivity index (χ0) is 23.3. The summed E-state index contributed by atoms with van der Waals surface area (Å²) in [6, 6.07) is 1.08. The number of halogens is 2. The Bertz CT molecular complexity index is 1090. The maximum atomic E-state index is 15.0. The fourth-order valence-corrected chi connectivity index (χ4v) is 4.82. The third-order valence-corrected chi connectivity index (χ3v) is 6.83. The zero-order valence-electron chi connectivity index (χ0n) is 18.2. The molecule has 3 aliphatic rings. The molecule has 0 bridgehead atoms. The predicted octanol–water partition coefficient (Wildman–Crippen LogP) is 3.77. The van der Waals surface area contributed by atoms with Crippen LogP contribution in [0.15, 0.2) is 12.3 Å². The Kier molecular flexibility index (Phi) is 5.65. The van der Waals surface area contributed by atoms with Crippen molar-refractivity contribution < 1.29 is 19.0 Å². The molecule has 1 aromatic carbocycles. The number of aromatic nitrogens is 2. The largest absolute Gasteiger partial charge is 0.505 e. The summed E-state index contributed by atoms with van der Waals surface area (Å²) in [7, 11) is 1.36. The Morgan fingerprint density at radius 1 is 1.27 bits per heavy atom. The Morgan fingerprint density at radius 2 is 2.00 bits per heavy atom. The number of hydrogen-bond acceptors (Lipinski definition) is 7. The van der Waals surface area contributed by atoms with Crippen molar-refractivity contribution in [2.75, 3.05) is 22.2 Å². The van der Waals surface area contributed by atoms with E-state index in [2.05, 4.69) is 15.3 Å². The van der Waals surface area contributed by atoms with Gasteiger partial charge in [0.1, 0.15) is 22.3 Å². The predicted molar refractivity (Wildman–Crippen MR) is 123 cm³/mol. The van der Waals surface area contributed by atoms with Crippen molar-refractivity contribution in [1.29, 1.82) is 0 Å². The smallest absolute Gasteiger partial charge is 0.330 e. The first-order valence-corrected chi connectivity index (χ1v) is 11.5. The molecule has 0 atom stereocenters. The quantitative estimate of drug-likeness (QED) is 0.601. The number of hydrogen-bond donors (Lipinski definition) is 3. The van der Waals surface area contributed by atoms with Gasteiger partial charge >= 0.3 is 6.03 Å². The van der Waals surface area contributed by atoms with E-state index >= 15 is 0 Å². The number of ether oxygens (including phenoxy) is 1. The van der Waals surface area contributed by atoms with E-state index < -0.39 is 17.6 Å². The van der Waals surface area contributed by atoms with Gasteiger partial charge in [-0.1, -0.05) is 11.6 Å². The van der Waals surface area contributed by atoms with Crippen LogP contribution in [-0.2, 0) is 6.54 Å². The molecule has 2 fully saturated rings. The second-order valence-corrected chi connectivity index (χ2v) is 9.22. The van der Waals surface area contributed by atoms with E-state index in [-0.39, 0.29) is 41.1 Å². The summed E-state index contributed by atoms with van der Waals surface area (Å²) in [6.45, 7) is 0.0131. The van der Waals surface area contributed by atoms with Gasteiger partial charge in [-0.15, -0.1) is 0 Å². The molecule has 9 nitrogen and oxygen atoms in total. The number of benzene rings is 1. The van der Waals surface area contributed by atoms with E-state index in [9.17, 15) is 14.3 Å². The number of methoxy groups -OCH3 is 1. The van der Waals surface area contributed by atoms with Gasteiger partial charge < -0.3 is 20.9 Å². The number of urea groups is 1. The third-order valence-electron chi connectivity index (χ3n) is 6.47. The standard InChI is InChI=1S/C22H26ClFN6O3/c1-33-16-8-15(31)18(24)19(17(16)23)29-10-11-9-26-21(27-13-4-2-12(25)3-5-13)28-20(11)30(22(29)32)14-6-7-14/h8-9,12-14,31H,2-7,10,25H2,1H3,(H,26,27,28). The fourth-order valence-electron chi connectivity index (χ4n) is 4.50. The summed E-state index contributed by atoms with van der Waals surface area (Å²) in [5.74, 6) is -0.573. The molecule has 0 radical (unpaired) electrons. The molecule has 11 heteroatoms. The minimum Gasteiger partial charge on any atom is -0.505 e. The van der Waals surface area contributed by atoms with Crippen LogP contribution in [0.2, 0.25) is 5.02 Å². The summed E-state index contributed by atoms with van der Waals surface area (Å²) in [6.07, 6.45) is 7.08. The van der Waals surface area contributed by atoms with Gasteiger partial charge in [0.25, 0.3) is 0 Å². The number of phenolic OH excluding ortho intramolecular Hbond substituents is 1. The van der Waals surface area contributed by atoms with E-state index in [1.807, 2.05) is 0 Å². The van der Waals surface area contributed by atoms with Crippen molar-refractivity contribution in [2.45, 2.75) is 63.2 Å². The lowest BCUT2D eigenvalue weighted by Gasteiger charge is -2.37. The van der Waals surface area contributed by atoms with Crippen molar-refractivity contribution in [1.82, 2.24) is 9.97 Å². The SMILES string of the molecule is COc1cc(O)c(F)c(N2Cc3cnc(NC4CCC(N)CC4)nc3N(C3CC3)C2=O)c1Cl. The summed E-state index contributed by atoms with van der Waals surface area (Å²) in [5.41, 5.74) is 6.43. The first-order chi connectivity index (χ1) is 15.9. The highest BCUT2D eigenvalue weighted by atomic mass is 35.5. The molecule has 2 amide bonds. The second kappa shape index (κ2) is 8.49. The Morgan fingerprint density at radius 3 is 2.67 bits per heavy atom. The molecule has 5 rings (SSSR count). The minimum absolute atomic E-state index is 0.0131. The number of carbonyl (C=O) groups is 1. The van der Waals surface area contributed by atoms with Gasteiger partial charge in [0.2, 0.25) is 5.95 Å². The monoisotopic (exact) mass is 476 g/mol. The van der Waals surface area contributed by atoms with Crippen LogP contribution >= 0.6 is 11.6 Å². The molecule has 1 aliphatic heterocycles. The first kappa shape index (κ1) is 22.0. The van der Waals surface area contributed by atoms with Crippen molar-refractivity contribution in [2.24, 2.45) is 5.73 Å². The van der Waals surface area contributed by atoms with Crippen LogP contribution < -0.4 is 25.6 Å². The number of fused-ring (bicyclic) bond motifs is 1. The molecule has 0 saturated heterocycles. The molecular formula is C22H26ClFN6O3. The van der Waals surface area contributed by atoms with Crippen molar-refractivity contribution in [3.63, 3.8) is 0 Å². The van der Waals surface area contributed by atoms with E-state index in [0.29, 0.717) is 17.3 Å². The summed E-state index contributed by atoms with van der Waals surface area (Å²) in [5, 5.41) is 13.3. The highest BCUT2D eigenvalue weighted by Crippen LogP contribution is 2.45. The lowest BCUT2D eigenvalue weighted by Crippen LogP contribution is -2.49. The van der Waals surface area contributed by atoms with Crippen LogP contribution in [-0.4, -0.2) is 46.3 Å². The van der Waals surface area contributed by atoms with Gasteiger partial charge in [0.05, 0.1) is 13.7 Å². The molecule has 4 N–H and O–H groups in total. The average Bonchev–Trinajstić information content (AvgIpc) is 3.63. The second-order valence-electron chi connectivity index (χ2n) is 8.84. The maximum absolute atomic E-state index is 15.0. The van der Waals surface area contributed by atoms with Gasteiger partial charge in [-0.2, -0.15) is 4.98 Å². The number of nitrogens with zero attached hydrogens (tertiary/aromatic N) is 4. The number of nitrogens with one attached hydrogen (secondary N) is 1. The molecule has 33 heavy (non-hydrogen) atoms. The number of nitrogens with two attached hydrogens (primary N) is 1. The Balaban J connectivity index is 1.49. The Hall–Kier alpha value is -2.85.